The van der Waals surface area contributed by atoms with Crippen LogP contribution in [0, 0.1) is 9.49 Å². The second-order valence-electron chi connectivity index (χ2n) is 4.72. The molecule has 108 valence electrons. The van der Waals surface area contributed by atoms with Crippen molar-refractivity contribution in [1.82, 2.24) is 4.90 Å². The summed E-state index contributed by atoms with van der Waals surface area (Å²) >= 11 is 14.0. The fourth-order valence-corrected chi connectivity index (χ4v) is 3.46. The van der Waals surface area contributed by atoms with Crippen LogP contribution in [0.25, 0.3) is 0 Å². The molecular weight excluding hydrogens is 416 g/mol. The van der Waals surface area contributed by atoms with Gasteiger partial charge in [-0.2, -0.15) is 0 Å². The number of aliphatic carboxylic acids is 1. The minimum atomic E-state index is -0.869. The molecule has 0 radical (unpaired) electrons. The molecule has 1 aromatic carbocycles. The Labute approximate surface area is 140 Å². The van der Waals surface area contributed by atoms with Crippen molar-refractivity contribution in [3.63, 3.8) is 0 Å². The largest absolute Gasteiger partial charge is 0.481 e. The van der Waals surface area contributed by atoms with Crippen LogP contribution in [0.5, 0.6) is 0 Å². The number of hydrogen-bond acceptors (Lipinski definition) is 2. The number of likely N-dealkylation sites (tertiary alicyclic amines) is 1. The lowest BCUT2D eigenvalue weighted by molar-refractivity contribution is -0.142. The highest BCUT2D eigenvalue weighted by Gasteiger charge is 2.38. The minimum absolute atomic E-state index is 0.227. The van der Waals surface area contributed by atoms with Crippen molar-refractivity contribution in [3.05, 3.63) is 31.3 Å². The maximum Gasteiger partial charge on any atom is 0.308 e. The third-order valence-electron chi connectivity index (χ3n) is 3.56. The van der Waals surface area contributed by atoms with E-state index in [2.05, 4.69) is 0 Å². The standard InChI is InChI=1S/C13H12Cl2INO3/c1-6-8(13(19)20)2-3-17(6)12(18)9-4-7(14)5-10(15)11(9)16/h4-6,8H,2-3H2,1H3,(H,19,20). The topological polar surface area (TPSA) is 57.6 Å². The first-order chi connectivity index (χ1) is 9.32. The molecule has 0 aliphatic carbocycles. The summed E-state index contributed by atoms with van der Waals surface area (Å²) in [5, 5.41) is 9.92. The van der Waals surface area contributed by atoms with Crippen molar-refractivity contribution in [3.8, 4) is 0 Å². The molecule has 7 heteroatoms. The number of rotatable bonds is 2. The van der Waals surface area contributed by atoms with Gasteiger partial charge in [-0.15, -0.1) is 0 Å². The number of nitrogens with zero attached hydrogens (tertiary/aromatic N) is 1. The Hall–Kier alpha value is -0.530. The molecule has 1 saturated heterocycles. The van der Waals surface area contributed by atoms with Gasteiger partial charge in [0.15, 0.2) is 0 Å². The number of benzene rings is 1. The summed E-state index contributed by atoms with van der Waals surface area (Å²) in [5.74, 6) is -1.62. The van der Waals surface area contributed by atoms with Gasteiger partial charge in [-0.1, -0.05) is 23.2 Å². The van der Waals surface area contributed by atoms with Gasteiger partial charge in [-0.3, -0.25) is 9.59 Å². The molecule has 1 amide bonds. The van der Waals surface area contributed by atoms with E-state index in [1.807, 2.05) is 22.6 Å². The van der Waals surface area contributed by atoms with Crippen LogP contribution in [0.3, 0.4) is 0 Å². The number of amides is 1. The lowest BCUT2D eigenvalue weighted by Crippen LogP contribution is -2.38. The molecule has 2 unspecified atom stereocenters. The molecule has 20 heavy (non-hydrogen) atoms. The zero-order valence-corrected chi connectivity index (χ0v) is 14.2. The smallest absolute Gasteiger partial charge is 0.308 e. The van der Waals surface area contributed by atoms with E-state index in [0.29, 0.717) is 32.1 Å². The molecule has 2 rings (SSSR count). The van der Waals surface area contributed by atoms with Gasteiger partial charge in [0, 0.05) is 21.2 Å². The van der Waals surface area contributed by atoms with Crippen LogP contribution in [-0.2, 0) is 4.79 Å². The number of carbonyl (C=O) groups is 2. The molecule has 0 bridgehead atoms. The summed E-state index contributed by atoms with van der Waals surface area (Å²) < 4.78 is 0.629. The van der Waals surface area contributed by atoms with E-state index in [1.165, 1.54) is 0 Å². The second kappa shape index (κ2) is 6.07. The fraction of sp³-hybridized carbons (Fsp3) is 0.385. The predicted octanol–water partition coefficient (Wildman–Crippen LogP) is 3.53. The van der Waals surface area contributed by atoms with E-state index in [-0.39, 0.29) is 11.9 Å². The quantitative estimate of drug-likeness (QED) is 0.580. The first kappa shape index (κ1) is 15.9. The number of carbonyl (C=O) groups excluding carboxylic acids is 1. The molecule has 1 fully saturated rings. The molecule has 0 spiro atoms. The van der Waals surface area contributed by atoms with Crippen molar-refractivity contribution >= 4 is 57.7 Å². The first-order valence-electron chi connectivity index (χ1n) is 6.01. The highest BCUT2D eigenvalue weighted by Crippen LogP contribution is 2.31. The summed E-state index contributed by atoms with van der Waals surface area (Å²) in [7, 11) is 0. The van der Waals surface area contributed by atoms with Gasteiger partial charge in [0.25, 0.3) is 5.91 Å². The van der Waals surface area contributed by atoms with Crippen molar-refractivity contribution in [2.45, 2.75) is 19.4 Å². The van der Waals surface area contributed by atoms with Crippen LogP contribution in [-0.4, -0.2) is 34.5 Å². The molecule has 1 N–H and O–H groups in total. The van der Waals surface area contributed by atoms with Crippen LogP contribution >= 0.6 is 45.8 Å². The maximum atomic E-state index is 12.6. The normalized spacial score (nSPS) is 22.1. The Morgan fingerprint density at radius 2 is 2.05 bits per heavy atom. The Kier molecular flexibility index (Phi) is 4.81. The first-order valence-corrected chi connectivity index (χ1v) is 7.84. The van der Waals surface area contributed by atoms with Crippen LogP contribution < -0.4 is 0 Å². The molecule has 4 nitrogen and oxygen atoms in total. The fourth-order valence-electron chi connectivity index (χ4n) is 2.42. The van der Waals surface area contributed by atoms with Crippen LogP contribution in [0.2, 0.25) is 10.0 Å². The monoisotopic (exact) mass is 427 g/mol. The summed E-state index contributed by atoms with van der Waals surface area (Å²) in [6, 6.07) is 2.81. The van der Waals surface area contributed by atoms with E-state index in [4.69, 9.17) is 28.3 Å². The van der Waals surface area contributed by atoms with Crippen LogP contribution in [0.15, 0.2) is 12.1 Å². The third-order valence-corrected chi connectivity index (χ3v) is 5.55. The van der Waals surface area contributed by atoms with E-state index < -0.39 is 11.9 Å². The average Bonchev–Trinajstić information content (AvgIpc) is 2.75. The van der Waals surface area contributed by atoms with E-state index in [0.717, 1.165) is 0 Å². The number of carboxylic acids is 1. The highest BCUT2D eigenvalue weighted by molar-refractivity contribution is 14.1. The molecule has 1 heterocycles. The SMILES string of the molecule is CC1C(C(=O)O)CCN1C(=O)c1cc(Cl)cc(Cl)c1I. The minimum Gasteiger partial charge on any atom is -0.481 e. The van der Waals surface area contributed by atoms with Gasteiger partial charge in [0.2, 0.25) is 0 Å². The Bertz CT molecular complexity index is 579. The summed E-state index contributed by atoms with van der Waals surface area (Å²) in [5.41, 5.74) is 0.418. The summed E-state index contributed by atoms with van der Waals surface area (Å²) in [4.78, 5) is 25.2. The van der Waals surface area contributed by atoms with Crippen molar-refractivity contribution in [1.29, 1.82) is 0 Å². The van der Waals surface area contributed by atoms with E-state index >= 15 is 0 Å². The average molecular weight is 428 g/mol. The third kappa shape index (κ3) is 2.89. The van der Waals surface area contributed by atoms with Crippen LogP contribution in [0.4, 0.5) is 0 Å². The number of carboxylic acid groups (broad SMARTS) is 1. The molecule has 1 aromatic rings. The molecule has 1 aliphatic heterocycles. The lowest BCUT2D eigenvalue weighted by Gasteiger charge is -2.24. The Morgan fingerprint density at radius 1 is 1.40 bits per heavy atom. The second-order valence-corrected chi connectivity index (χ2v) is 6.64. The van der Waals surface area contributed by atoms with Gasteiger partial charge >= 0.3 is 5.97 Å². The Balaban J connectivity index is 2.31. The van der Waals surface area contributed by atoms with Gasteiger partial charge in [0.1, 0.15) is 0 Å². The predicted molar refractivity (Wildman–Crippen MR) is 85.4 cm³/mol. The van der Waals surface area contributed by atoms with Crippen molar-refractivity contribution in [2.24, 2.45) is 5.92 Å². The van der Waals surface area contributed by atoms with Gasteiger partial charge < -0.3 is 10.0 Å². The molecule has 2 atom stereocenters. The van der Waals surface area contributed by atoms with Gasteiger partial charge in [0.05, 0.1) is 16.5 Å². The highest BCUT2D eigenvalue weighted by atomic mass is 127. The van der Waals surface area contributed by atoms with Crippen LogP contribution in [0.1, 0.15) is 23.7 Å². The molecule has 0 saturated carbocycles. The zero-order valence-electron chi connectivity index (χ0n) is 10.6. The summed E-state index contributed by atoms with van der Waals surface area (Å²) in [6.07, 6.45) is 0.465. The molecular formula is C13H12Cl2INO3. The van der Waals surface area contributed by atoms with Crippen molar-refractivity contribution < 1.29 is 14.7 Å². The van der Waals surface area contributed by atoms with Gasteiger partial charge in [-0.05, 0) is 48.1 Å². The lowest BCUT2D eigenvalue weighted by atomic mass is 10.0. The zero-order chi connectivity index (χ0) is 15.0. The van der Waals surface area contributed by atoms with E-state index in [9.17, 15) is 9.59 Å². The molecule has 1 aliphatic rings. The van der Waals surface area contributed by atoms with Gasteiger partial charge in [-0.25, -0.2) is 0 Å². The Morgan fingerprint density at radius 3 is 2.60 bits per heavy atom. The van der Waals surface area contributed by atoms with Crippen molar-refractivity contribution in [2.75, 3.05) is 6.54 Å². The number of hydrogen-bond donors (Lipinski definition) is 1. The number of halogens is 3. The van der Waals surface area contributed by atoms with E-state index in [1.54, 1.807) is 24.0 Å². The maximum absolute atomic E-state index is 12.6. The molecule has 0 aromatic heterocycles. The summed E-state index contributed by atoms with van der Waals surface area (Å²) in [6.45, 7) is 2.18.